The van der Waals surface area contributed by atoms with Crippen molar-refractivity contribution in [3.63, 3.8) is 0 Å². The lowest BCUT2D eigenvalue weighted by Crippen LogP contribution is -2.37. The number of rotatable bonds is 2. The third kappa shape index (κ3) is 2.20. The summed E-state index contributed by atoms with van der Waals surface area (Å²) >= 11 is 0. The molecule has 21 heavy (non-hydrogen) atoms. The fourth-order valence-corrected chi connectivity index (χ4v) is 3.32. The van der Waals surface area contributed by atoms with Gasteiger partial charge in [-0.15, -0.1) is 0 Å². The summed E-state index contributed by atoms with van der Waals surface area (Å²) in [5, 5.41) is 9.01. The number of carboxylic acid groups (broad SMARTS) is 1. The Morgan fingerprint density at radius 2 is 1.95 bits per heavy atom. The van der Waals surface area contributed by atoms with Crippen molar-refractivity contribution in [2.24, 2.45) is 5.41 Å². The van der Waals surface area contributed by atoms with Crippen LogP contribution >= 0.6 is 0 Å². The first kappa shape index (κ1) is 13.7. The Morgan fingerprint density at radius 3 is 2.62 bits per heavy atom. The largest absolute Gasteiger partial charge is 0.478 e. The van der Waals surface area contributed by atoms with Crippen molar-refractivity contribution >= 4 is 23.6 Å². The highest BCUT2D eigenvalue weighted by atomic mass is 16.4. The summed E-state index contributed by atoms with van der Waals surface area (Å²) in [4.78, 5) is 41.0. The second kappa shape index (κ2) is 4.95. The van der Waals surface area contributed by atoms with Gasteiger partial charge in [0.1, 0.15) is 5.82 Å². The minimum atomic E-state index is -1.11. The molecule has 1 saturated heterocycles. The molecular formula is C15H16N2O4. The number of pyridine rings is 1. The van der Waals surface area contributed by atoms with Gasteiger partial charge in [-0.1, -0.05) is 19.3 Å². The smallest absolute Gasteiger partial charge is 0.335 e. The van der Waals surface area contributed by atoms with Crippen molar-refractivity contribution in [3.8, 4) is 0 Å². The number of imide groups is 1. The highest BCUT2D eigenvalue weighted by Crippen LogP contribution is 2.46. The Kier molecular flexibility index (Phi) is 3.23. The summed E-state index contributed by atoms with van der Waals surface area (Å²) in [5.41, 5.74) is -0.568. The van der Waals surface area contributed by atoms with E-state index in [-0.39, 0.29) is 29.6 Å². The van der Waals surface area contributed by atoms with Crippen molar-refractivity contribution in [1.29, 1.82) is 0 Å². The number of hydrogen-bond acceptors (Lipinski definition) is 4. The molecule has 1 spiro atoms. The van der Waals surface area contributed by atoms with Crippen LogP contribution in [0.2, 0.25) is 0 Å². The predicted molar refractivity (Wildman–Crippen MR) is 73.8 cm³/mol. The third-order valence-corrected chi connectivity index (χ3v) is 4.43. The minimum Gasteiger partial charge on any atom is -0.478 e. The van der Waals surface area contributed by atoms with Crippen LogP contribution < -0.4 is 4.90 Å². The lowest BCUT2D eigenvalue weighted by molar-refractivity contribution is -0.127. The van der Waals surface area contributed by atoms with Gasteiger partial charge < -0.3 is 5.11 Å². The second-order valence-corrected chi connectivity index (χ2v) is 5.76. The van der Waals surface area contributed by atoms with Crippen molar-refractivity contribution < 1.29 is 19.5 Å². The second-order valence-electron chi connectivity index (χ2n) is 5.76. The molecule has 3 rings (SSSR count). The van der Waals surface area contributed by atoms with E-state index in [9.17, 15) is 14.4 Å². The van der Waals surface area contributed by atoms with E-state index < -0.39 is 11.4 Å². The van der Waals surface area contributed by atoms with Crippen LogP contribution in [0.4, 0.5) is 5.82 Å². The zero-order chi connectivity index (χ0) is 15.0. The van der Waals surface area contributed by atoms with Gasteiger partial charge in [-0.2, -0.15) is 0 Å². The number of aromatic nitrogens is 1. The summed E-state index contributed by atoms with van der Waals surface area (Å²) in [6.07, 6.45) is 5.98. The van der Waals surface area contributed by atoms with Gasteiger partial charge in [-0.3, -0.25) is 9.59 Å². The molecule has 2 aliphatic rings. The van der Waals surface area contributed by atoms with E-state index >= 15 is 0 Å². The summed E-state index contributed by atoms with van der Waals surface area (Å²) in [6.45, 7) is 0. The van der Waals surface area contributed by atoms with Crippen molar-refractivity contribution in [2.45, 2.75) is 38.5 Å². The molecule has 0 radical (unpaired) electrons. The maximum atomic E-state index is 12.7. The van der Waals surface area contributed by atoms with Gasteiger partial charge in [0.25, 0.3) is 0 Å². The number of hydrogen-bond donors (Lipinski definition) is 1. The molecule has 1 aliphatic carbocycles. The standard InChI is InChI=1S/C15H16N2O4/c18-12-9-15(5-2-1-3-6-15)14(21)17(12)11-8-10(13(19)20)4-7-16-11/h4,7-8H,1-3,5-6,9H2,(H,19,20). The molecule has 2 amide bonds. The molecule has 6 heteroatoms. The number of nitrogens with zero attached hydrogens (tertiary/aromatic N) is 2. The van der Waals surface area contributed by atoms with Gasteiger partial charge >= 0.3 is 5.97 Å². The number of aromatic carboxylic acids is 1. The van der Waals surface area contributed by atoms with Gasteiger partial charge in [-0.25, -0.2) is 14.7 Å². The molecule has 0 bridgehead atoms. The zero-order valence-corrected chi connectivity index (χ0v) is 11.5. The maximum absolute atomic E-state index is 12.7. The molecule has 2 fully saturated rings. The molecule has 6 nitrogen and oxygen atoms in total. The van der Waals surface area contributed by atoms with Gasteiger partial charge in [0.15, 0.2) is 0 Å². The molecule has 110 valence electrons. The van der Waals surface area contributed by atoms with Gasteiger partial charge in [0.05, 0.1) is 11.0 Å². The van der Waals surface area contributed by atoms with E-state index in [4.69, 9.17) is 5.11 Å². The van der Waals surface area contributed by atoms with Crippen LogP contribution in [0.1, 0.15) is 48.9 Å². The monoisotopic (exact) mass is 288 g/mol. The average molecular weight is 288 g/mol. The Hall–Kier alpha value is -2.24. The Labute approximate surface area is 121 Å². The van der Waals surface area contributed by atoms with Crippen LogP contribution in [-0.2, 0) is 9.59 Å². The van der Waals surface area contributed by atoms with Gasteiger partial charge in [0, 0.05) is 12.6 Å². The van der Waals surface area contributed by atoms with Crippen LogP contribution in [0.3, 0.4) is 0 Å². The van der Waals surface area contributed by atoms with Gasteiger partial charge in [-0.05, 0) is 25.0 Å². The number of carbonyl (C=O) groups is 3. The van der Waals surface area contributed by atoms with Crippen LogP contribution in [0.25, 0.3) is 0 Å². The number of anilines is 1. The Bertz CT molecular complexity index is 620. The number of carbonyl (C=O) groups excluding carboxylic acids is 2. The molecule has 1 saturated carbocycles. The van der Waals surface area contributed by atoms with E-state index in [0.717, 1.165) is 37.0 Å². The average Bonchev–Trinajstić information content (AvgIpc) is 2.71. The zero-order valence-electron chi connectivity index (χ0n) is 11.5. The highest BCUT2D eigenvalue weighted by molar-refractivity contribution is 6.22. The fraction of sp³-hybridized carbons (Fsp3) is 0.467. The first-order valence-electron chi connectivity index (χ1n) is 7.10. The van der Waals surface area contributed by atoms with Crippen molar-refractivity contribution in [1.82, 2.24) is 4.98 Å². The Morgan fingerprint density at radius 1 is 1.24 bits per heavy atom. The third-order valence-electron chi connectivity index (χ3n) is 4.43. The van der Waals surface area contributed by atoms with Crippen molar-refractivity contribution in [2.75, 3.05) is 4.90 Å². The molecule has 2 heterocycles. The topological polar surface area (TPSA) is 87.6 Å². The van der Waals surface area contributed by atoms with E-state index in [1.165, 1.54) is 18.3 Å². The van der Waals surface area contributed by atoms with Gasteiger partial charge in [0.2, 0.25) is 11.8 Å². The van der Waals surface area contributed by atoms with Crippen LogP contribution in [-0.4, -0.2) is 27.9 Å². The number of carboxylic acids is 1. The summed E-state index contributed by atoms with van der Waals surface area (Å²) in [6, 6.07) is 2.62. The first-order valence-corrected chi connectivity index (χ1v) is 7.10. The molecule has 1 aliphatic heterocycles. The van der Waals surface area contributed by atoms with E-state index in [1.807, 2.05) is 0 Å². The molecule has 1 N–H and O–H groups in total. The molecular weight excluding hydrogens is 272 g/mol. The first-order chi connectivity index (χ1) is 10.0. The van der Waals surface area contributed by atoms with Crippen molar-refractivity contribution in [3.05, 3.63) is 23.9 Å². The Balaban J connectivity index is 1.95. The molecule has 0 atom stereocenters. The van der Waals surface area contributed by atoms with Crippen LogP contribution in [0, 0.1) is 5.41 Å². The van der Waals surface area contributed by atoms with E-state index in [0.29, 0.717) is 0 Å². The summed E-state index contributed by atoms with van der Waals surface area (Å²) < 4.78 is 0. The minimum absolute atomic E-state index is 0.0187. The van der Waals surface area contributed by atoms with Crippen LogP contribution in [0.5, 0.6) is 0 Å². The molecule has 1 aromatic heterocycles. The maximum Gasteiger partial charge on any atom is 0.335 e. The molecule has 0 aromatic carbocycles. The van der Waals surface area contributed by atoms with E-state index in [1.54, 1.807) is 0 Å². The predicted octanol–water partition coefficient (Wildman–Crippen LogP) is 1.99. The van der Waals surface area contributed by atoms with E-state index in [2.05, 4.69) is 4.98 Å². The SMILES string of the molecule is O=C(O)c1ccnc(N2C(=O)CC3(CCCCC3)C2=O)c1. The lowest BCUT2D eigenvalue weighted by Gasteiger charge is -2.30. The normalized spacial score (nSPS) is 21.0. The molecule has 0 unspecified atom stereocenters. The molecule has 1 aromatic rings. The quantitative estimate of drug-likeness (QED) is 0.841. The lowest BCUT2D eigenvalue weighted by atomic mass is 9.73. The fourth-order valence-electron chi connectivity index (χ4n) is 3.32. The highest BCUT2D eigenvalue weighted by Gasteiger charge is 2.52. The number of amides is 2. The summed E-state index contributed by atoms with van der Waals surface area (Å²) in [5.74, 6) is -1.49. The summed E-state index contributed by atoms with van der Waals surface area (Å²) in [7, 11) is 0. The van der Waals surface area contributed by atoms with Crippen LogP contribution in [0.15, 0.2) is 18.3 Å².